The highest BCUT2D eigenvalue weighted by Crippen LogP contribution is 2.04. The molecular formula is C8H6N4O4. The summed E-state index contributed by atoms with van der Waals surface area (Å²) in [4.78, 5) is 41.7. The lowest BCUT2D eigenvalue weighted by Crippen LogP contribution is -2.18. The van der Waals surface area contributed by atoms with Gasteiger partial charge >= 0.3 is 0 Å². The van der Waals surface area contributed by atoms with Crippen molar-refractivity contribution in [3.63, 3.8) is 0 Å². The van der Waals surface area contributed by atoms with E-state index < -0.39 is 11.8 Å². The van der Waals surface area contributed by atoms with Gasteiger partial charge in [0.25, 0.3) is 11.8 Å². The molecule has 0 aliphatic rings. The van der Waals surface area contributed by atoms with E-state index in [1.54, 1.807) is 10.9 Å². The molecule has 0 heterocycles. The number of hydrogen-bond acceptors (Lipinski definition) is 6. The van der Waals surface area contributed by atoms with Gasteiger partial charge in [0.15, 0.2) is 0 Å². The Morgan fingerprint density at radius 3 is 1.38 bits per heavy atom. The highest BCUT2D eigenvalue weighted by atomic mass is 16.3. The van der Waals surface area contributed by atoms with Gasteiger partial charge in [0.2, 0.25) is 0 Å². The zero-order chi connectivity index (χ0) is 12.0. The number of rotatable bonds is 4. The van der Waals surface area contributed by atoms with Gasteiger partial charge in [-0.2, -0.15) is 0 Å². The van der Waals surface area contributed by atoms with Gasteiger partial charge in [-0.15, -0.1) is 9.81 Å². The Kier molecular flexibility index (Phi) is 3.78. The lowest BCUT2D eigenvalue weighted by molar-refractivity contribution is 0.0942. The van der Waals surface area contributed by atoms with Crippen LogP contribution in [0.5, 0.6) is 0 Å². The zero-order valence-electron chi connectivity index (χ0n) is 7.84. The summed E-state index contributed by atoms with van der Waals surface area (Å²) >= 11 is 0. The van der Waals surface area contributed by atoms with Crippen molar-refractivity contribution in [1.82, 2.24) is 10.9 Å². The van der Waals surface area contributed by atoms with Crippen molar-refractivity contribution < 1.29 is 9.59 Å². The normalized spacial score (nSPS) is 9.00. The number of amides is 2. The average molecular weight is 222 g/mol. The molecule has 0 atom stereocenters. The number of benzene rings is 1. The smallest absolute Gasteiger partial charge is 0.267 e. The molecule has 0 saturated carbocycles. The van der Waals surface area contributed by atoms with E-state index in [9.17, 15) is 19.4 Å². The largest absolute Gasteiger partial charge is 0.273 e. The van der Waals surface area contributed by atoms with Crippen molar-refractivity contribution >= 4 is 11.8 Å². The highest BCUT2D eigenvalue weighted by molar-refractivity contribution is 5.97. The molecule has 0 spiro atoms. The summed E-state index contributed by atoms with van der Waals surface area (Å²) in [6.07, 6.45) is 0. The molecule has 16 heavy (non-hydrogen) atoms. The molecule has 0 saturated heterocycles. The second-order valence-electron chi connectivity index (χ2n) is 2.64. The van der Waals surface area contributed by atoms with E-state index >= 15 is 0 Å². The number of nitroso groups, excluding NO2 is 2. The molecule has 2 amide bonds. The van der Waals surface area contributed by atoms with E-state index in [0.29, 0.717) is 0 Å². The first kappa shape index (κ1) is 11.4. The molecule has 0 aromatic heterocycles. The van der Waals surface area contributed by atoms with Crippen LogP contribution in [0.2, 0.25) is 0 Å². The van der Waals surface area contributed by atoms with Crippen LogP contribution in [0.1, 0.15) is 20.7 Å². The first-order valence-corrected chi connectivity index (χ1v) is 4.04. The predicted octanol–water partition coefficient (Wildman–Crippen LogP) is 0.509. The lowest BCUT2D eigenvalue weighted by atomic mass is 10.1. The van der Waals surface area contributed by atoms with Crippen molar-refractivity contribution in [2.75, 3.05) is 0 Å². The Bertz CT molecular complexity index is 387. The Morgan fingerprint density at radius 2 is 1.12 bits per heavy atom. The van der Waals surface area contributed by atoms with Gasteiger partial charge < -0.3 is 0 Å². The van der Waals surface area contributed by atoms with Crippen LogP contribution in [-0.2, 0) is 0 Å². The summed E-state index contributed by atoms with van der Waals surface area (Å²) in [5.74, 6) is -1.37. The van der Waals surface area contributed by atoms with Crippen LogP contribution in [-0.4, -0.2) is 11.8 Å². The van der Waals surface area contributed by atoms with Crippen molar-refractivity contribution in [2.45, 2.75) is 0 Å². The SMILES string of the molecule is O=NNC(=O)c1ccc(C(=O)NN=O)cc1. The second kappa shape index (κ2) is 5.29. The number of nitrogens with zero attached hydrogens (tertiary/aromatic N) is 2. The van der Waals surface area contributed by atoms with Gasteiger partial charge in [0.1, 0.15) is 0 Å². The maximum Gasteiger partial charge on any atom is 0.273 e. The first-order chi connectivity index (χ1) is 7.69. The molecule has 0 radical (unpaired) electrons. The fraction of sp³-hybridized carbons (Fsp3) is 0. The first-order valence-electron chi connectivity index (χ1n) is 4.04. The van der Waals surface area contributed by atoms with E-state index in [1.165, 1.54) is 24.3 Å². The van der Waals surface area contributed by atoms with Crippen LogP contribution in [0.15, 0.2) is 34.8 Å². The van der Waals surface area contributed by atoms with E-state index in [-0.39, 0.29) is 11.1 Å². The van der Waals surface area contributed by atoms with Gasteiger partial charge in [-0.05, 0) is 24.3 Å². The molecule has 1 aromatic carbocycles. The van der Waals surface area contributed by atoms with E-state index in [4.69, 9.17) is 0 Å². The summed E-state index contributed by atoms with van der Waals surface area (Å²) in [5, 5.41) is 4.43. The highest BCUT2D eigenvalue weighted by Gasteiger charge is 2.08. The van der Waals surface area contributed by atoms with Gasteiger partial charge in [-0.1, -0.05) is 0 Å². The van der Waals surface area contributed by atoms with Crippen molar-refractivity contribution in [1.29, 1.82) is 0 Å². The molecule has 0 aliphatic carbocycles. The average Bonchev–Trinajstić information content (AvgIpc) is 2.30. The van der Waals surface area contributed by atoms with Gasteiger partial charge in [-0.3, -0.25) is 9.59 Å². The summed E-state index contributed by atoms with van der Waals surface area (Å²) in [7, 11) is 0. The number of carbonyl (C=O) groups excluding carboxylic acids is 2. The molecule has 0 unspecified atom stereocenters. The third-order valence-electron chi connectivity index (χ3n) is 1.70. The summed E-state index contributed by atoms with van der Waals surface area (Å²) in [5.41, 5.74) is 3.72. The van der Waals surface area contributed by atoms with E-state index in [0.717, 1.165) is 0 Å². The summed E-state index contributed by atoms with van der Waals surface area (Å²) < 4.78 is 0. The van der Waals surface area contributed by atoms with Gasteiger partial charge in [-0.25, -0.2) is 10.9 Å². The quantitative estimate of drug-likeness (QED) is 0.569. The second-order valence-corrected chi connectivity index (χ2v) is 2.64. The Hall–Kier alpha value is -2.64. The summed E-state index contributed by atoms with van der Waals surface area (Å²) in [6.45, 7) is 0. The number of carbonyl (C=O) groups is 2. The third kappa shape index (κ3) is 2.67. The monoisotopic (exact) mass is 222 g/mol. The molecule has 8 heteroatoms. The lowest BCUT2D eigenvalue weighted by Gasteiger charge is -1.99. The molecule has 1 aromatic rings. The molecule has 0 aliphatic heterocycles. The van der Waals surface area contributed by atoms with Crippen molar-refractivity contribution in [2.24, 2.45) is 10.6 Å². The number of hydrogen-bond donors (Lipinski definition) is 2. The van der Waals surface area contributed by atoms with Crippen LogP contribution in [0.4, 0.5) is 0 Å². The molecule has 2 N–H and O–H groups in total. The Balaban J connectivity index is 2.82. The van der Waals surface area contributed by atoms with Crippen LogP contribution >= 0.6 is 0 Å². The minimum atomic E-state index is -0.685. The standard InChI is InChI=1S/C8H6N4O4/c13-7(9-11-15)5-1-2-6(4-3-5)8(14)10-12-16/h1-4H,(H,9,13,15)(H,10,14,16). The Labute approximate surface area is 88.9 Å². The predicted molar refractivity (Wildman–Crippen MR) is 53.0 cm³/mol. The fourth-order valence-corrected chi connectivity index (χ4v) is 0.985. The van der Waals surface area contributed by atoms with Crippen LogP contribution < -0.4 is 10.9 Å². The molecule has 0 fully saturated rings. The molecule has 0 bridgehead atoms. The van der Waals surface area contributed by atoms with Crippen LogP contribution in [0.25, 0.3) is 0 Å². The topological polar surface area (TPSA) is 117 Å². The van der Waals surface area contributed by atoms with Crippen molar-refractivity contribution in [3.05, 3.63) is 45.2 Å². The maximum absolute atomic E-state index is 11.1. The molecule has 82 valence electrons. The van der Waals surface area contributed by atoms with Crippen LogP contribution in [0.3, 0.4) is 0 Å². The minimum Gasteiger partial charge on any atom is -0.267 e. The van der Waals surface area contributed by atoms with E-state index in [1.807, 2.05) is 0 Å². The van der Waals surface area contributed by atoms with Gasteiger partial charge in [0.05, 0.1) is 10.6 Å². The van der Waals surface area contributed by atoms with Crippen LogP contribution in [0, 0.1) is 9.81 Å². The van der Waals surface area contributed by atoms with Gasteiger partial charge in [0, 0.05) is 11.1 Å². The molecule has 1 rings (SSSR count). The molecular weight excluding hydrogens is 216 g/mol. The maximum atomic E-state index is 11.1. The fourth-order valence-electron chi connectivity index (χ4n) is 0.985. The number of nitrogens with one attached hydrogen (secondary N) is 2. The van der Waals surface area contributed by atoms with Crippen molar-refractivity contribution in [3.8, 4) is 0 Å². The van der Waals surface area contributed by atoms with E-state index in [2.05, 4.69) is 10.6 Å². The minimum absolute atomic E-state index is 0.162. The summed E-state index contributed by atoms with van der Waals surface area (Å²) in [6, 6.07) is 5.22. The Morgan fingerprint density at radius 1 is 0.812 bits per heavy atom. The third-order valence-corrected chi connectivity index (χ3v) is 1.70. The zero-order valence-corrected chi connectivity index (χ0v) is 7.84. The molecule has 8 nitrogen and oxygen atoms in total.